The maximum atomic E-state index is 11.6. The Morgan fingerprint density at radius 3 is 2.63 bits per heavy atom. The monoisotopic (exact) mass is 284 g/mol. The Kier molecular flexibility index (Phi) is 3.42. The van der Waals surface area contributed by atoms with Crippen molar-refractivity contribution in [1.82, 2.24) is 9.97 Å². The van der Waals surface area contributed by atoms with Gasteiger partial charge in [0.2, 0.25) is 0 Å². The number of nitrogens with one attached hydrogen (secondary N) is 1. The Morgan fingerprint density at radius 2 is 2.11 bits per heavy atom. The molecule has 1 unspecified atom stereocenters. The number of anilines is 2. The van der Waals surface area contributed by atoms with Gasteiger partial charge in [-0.3, -0.25) is 0 Å². The summed E-state index contributed by atoms with van der Waals surface area (Å²) in [6, 6.07) is 1.64. The molecule has 1 aromatic heterocycles. The zero-order chi connectivity index (χ0) is 14.3. The Balaban J connectivity index is 2.24. The van der Waals surface area contributed by atoms with Crippen LogP contribution in [-0.2, 0) is 9.84 Å². The van der Waals surface area contributed by atoms with Crippen molar-refractivity contribution >= 4 is 21.5 Å². The summed E-state index contributed by atoms with van der Waals surface area (Å²) >= 11 is 0. The third kappa shape index (κ3) is 3.34. The van der Waals surface area contributed by atoms with Gasteiger partial charge in [-0.25, -0.2) is 18.4 Å². The van der Waals surface area contributed by atoms with Crippen molar-refractivity contribution in [3.8, 4) is 0 Å². The van der Waals surface area contributed by atoms with E-state index in [4.69, 9.17) is 5.73 Å². The molecule has 1 aromatic rings. The molecule has 6 nitrogen and oxygen atoms in total. The lowest BCUT2D eigenvalue weighted by Crippen LogP contribution is -2.36. The van der Waals surface area contributed by atoms with E-state index >= 15 is 0 Å². The number of sulfone groups is 1. The van der Waals surface area contributed by atoms with Crippen molar-refractivity contribution in [3.63, 3.8) is 0 Å². The Bertz CT molecular complexity index is 585. The van der Waals surface area contributed by atoms with Gasteiger partial charge in [0.15, 0.2) is 9.84 Å². The van der Waals surface area contributed by atoms with Gasteiger partial charge in [0.05, 0.1) is 17.0 Å². The van der Waals surface area contributed by atoms with Crippen molar-refractivity contribution in [2.75, 3.05) is 22.6 Å². The number of aromatic nitrogens is 2. The fraction of sp³-hybridized carbons (Fsp3) is 0.667. The summed E-state index contributed by atoms with van der Waals surface area (Å²) in [6.07, 6.45) is 0.580. The first-order valence-corrected chi connectivity index (χ1v) is 8.14. The summed E-state index contributed by atoms with van der Waals surface area (Å²) in [7, 11) is -2.95. The summed E-state index contributed by atoms with van der Waals surface area (Å²) in [5.41, 5.74) is 5.28. The zero-order valence-electron chi connectivity index (χ0n) is 11.5. The van der Waals surface area contributed by atoms with E-state index in [1.54, 1.807) is 6.07 Å². The maximum absolute atomic E-state index is 11.6. The van der Waals surface area contributed by atoms with Gasteiger partial charge in [0, 0.05) is 12.0 Å². The predicted molar refractivity (Wildman–Crippen MR) is 75.8 cm³/mol. The second-order valence-electron chi connectivity index (χ2n) is 5.72. The van der Waals surface area contributed by atoms with Crippen molar-refractivity contribution in [2.45, 2.75) is 38.6 Å². The molecule has 106 valence electrons. The molecule has 0 bridgehead atoms. The van der Waals surface area contributed by atoms with Crippen molar-refractivity contribution in [3.05, 3.63) is 11.9 Å². The van der Waals surface area contributed by atoms with E-state index in [1.165, 1.54) is 0 Å². The first kappa shape index (κ1) is 14.0. The van der Waals surface area contributed by atoms with Crippen LogP contribution in [0.15, 0.2) is 6.07 Å². The molecule has 0 spiro atoms. The summed E-state index contributed by atoms with van der Waals surface area (Å²) < 4.78 is 23.2. The summed E-state index contributed by atoms with van der Waals surface area (Å²) in [4.78, 5) is 8.56. The molecule has 0 aliphatic carbocycles. The van der Waals surface area contributed by atoms with Crippen LogP contribution in [0.1, 0.15) is 38.9 Å². The quantitative estimate of drug-likeness (QED) is 0.864. The zero-order valence-corrected chi connectivity index (χ0v) is 12.3. The molecule has 0 radical (unpaired) electrons. The predicted octanol–water partition coefficient (Wildman–Crippen LogP) is 1.17. The molecule has 19 heavy (non-hydrogen) atoms. The molecule has 0 saturated carbocycles. The molecule has 3 N–H and O–H groups in total. The van der Waals surface area contributed by atoms with Gasteiger partial charge >= 0.3 is 0 Å². The Labute approximate surface area is 113 Å². The Hall–Kier alpha value is -1.37. The van der Waals surface area contributed by atoms with Crippen molar-refractivity contribution in [2.24, 2.45) is 0 Å². The van der Waals surface area contributed by atoms with E-state index in [0.717, 1.165) is 0 Å². The highest BCUT2D eigenvalue weighted by Gasteiger charge is 2.38. The van der Waals surface area contributed by atoms with Crippen LogP contribution in [0.2, 0.25) is 0 Å². The first-order valence-electron chi connectivity index (χ1n) is 6.32. The molecule has 1 fully saturated rings. The number of nitrogen functional groups attached to an aromatic ring is 1. The number of hydrogen-bond acceptors (Lipinski definition) is 6. The van der Waals surface area contributed by atoms with Crippen LogP contribution >= 0.6 is 0 Å². The number of hydrogen-bond donors (Lipinski definition) is 2. The number of rotatable bonds is 3. The highest BCUT2D eigenvalue weighted by atomic mass is 32.2. The molecular weight excluding hydrogens is 264 g/mol. The second-order valence-corrected chi connectivity index (χ2v) is 7.90. The third-order valence-electron chi connectivity index (χ3n) is 3.21. The minimum Gasteiger partial charge on any atom is -0.384 e. The van der Waals surface area contributed by atoms with Gasteiger partial charge in [-0.1, -0.05) is 13.8 Å². The summed E-state index contributed by atoms with van der Waals surface area (Å²) in [5, 5.41) is 3.20. The van der Waals surface area contributed by atoms with E-state index in [2.05, 4.69) is 15.3 Å². The molecule has 7 heteroatoms. The van der Waals surface area contributed by atoms with E-state index in [-0.39, 0.29) is 17.4 Å². The standard InChI is InChI=1S/C12H20N4O2S/c1-8(2)11-14-9(13)6-10(15-11)16-12(3)4-5-19(17,18)7-12/h6,8H,4-5,7H2,1-3H3,(H3,13,14,15,16). The van der Waals surface area contributed by atoms with Gasteiger partial charge in [0.25, 0.3) is 0 Å². The SMILES string of the molecule is CC(C)c1nc(N)cc(NC2(C)CCS(=O)(=O)C2)n1. The lowest BCUT2D eigenvalue weighted by atomic mass is 10.0. The first-order chi connectivity index (χ1) is 8.69. The highest BCUT2D eigenvalue weighted by Crippen LogP contribution is 2.27. The van der Waals surface area contributed by atoms with E-state index in [1.807, 2.05) is 20.8 Å². The normalized spacial score (nSPS) is 25.7. The average molecular weight is 284 g/mol. The van der Waals surface area contributed by atoms with Gasteiger partial charge in [-0.2, -0.15) is 0 Å². The third-order valence-corrected chi connectivity index (χ3v) is 5.12. The van der Waals surface area contributed by atoms with Gasteiger partial charge in [-0.05, 0) is 13.3 Å². The van der Waals surface area contributed by atoms with E-state index < -0.39 is 15.4 Å². The fourth-order valence-electron chi connectivity index (χ4n) is 2.23. The lowest BCUT2D eigenvalue weighted by Gasteiger charge is -2.25. The van der Waals surface area contributed by atoms with Gasteiger partial charge < -0.3 is 11.1 Å². The molecule has 0 aromatic carbocycles. The number of nitrogens with zero attached hydrogens (tertiary/aromatic N) is 2. The van der Waals surface area contributed by atoms with Crippen LogP contribution in [0.25, 0.3) is 0 Å². The van der Waals surface area contributed by atoms with Crippen LogP contribution < -0.4 is 11.1 Å². The molecular formula is C12H20N4O2S. The largest absolute Gasteiger partial charge is 0.384 e. The van der Waals surface area contributed by atoms with Crippen molar-refractivity contribution < 1.29 is 8.42 Å². The topological polar surface area (TPSA) is 98.0 Å². The van der Waals surface area contributed by atoms with Crippen molar-refractivity contribution in [1.29, 1.82) is 0 Å². The molecule has 2 heterocycles. The van der Waals surface area contributed by atoms with Crippen LogP contribution in [0.5, 0.6) is 0 Å². The molecule has 0 amide bonds. The molecule has 2 rings (SSSR count). The lowest BCUT2D eigenvalue weighted by molar-refractivity contribution is 0.571. The average Bonchev–Trinajstić information content (AvgIpc) is 2.51. The van der Waals surface area contributed by atoms with Crippen LogP contribution in [0, 0.1) is 0 Å². The van der Waals surface area contributed by atoms with Crippen LogP contribution in [0.4, 0.5) is 11.6 Å². The summed E-state index contributed by atoms with van der Waals surface area (Å²) in [5.74, 6) is 2.16. The van der Waals surface area contributed by atoms with E-state index in [9.17, 15) is 8.42 Å². The maximum Gasteiger partial charge on any atom is 0.152 e. The Morgan fingerprint density at radius 1 is 1.42 bits per heavy atom. The number of nitrogens with two attached hydrogens (primary N) is 1. The van der Waals surface area contributed by atoms with Gasteiger partial charge in [-0.15, -0.1) is 0 Å². The minimum absolute atomic E-state index is 0.126. The van der Waals surface area contributed by atoms with Crippen LogP contribution in [0.3, 0.4) is 0 Å². The smallest absolute Gasteiger partial charge is 0.152 e. The molecule has 1 aliphatic rings. The van der Waals surface area contributed by atoms with E-state index in [0.29, 0.717) is 23.9 Å². The summed E-state index contributed by atoms with van der Waals surface area (Å²) in [6.45, 7) is 5.87. The van der Waals surface area contributed by atoms with Crippen LogP contribution in [-0.4, -0.2) is 35.4 Å². The highest BCUT2D eigenvalue weighted by molar-refractivity contribution is 7.91. The molecule has 1 saturated heterocycles. The van der Waals surface area contributed by atoms with Gasteiger partial charge in [0.1, 0.15) is 17.5 Å². The second kappa shape index (κ2) is 4.63. The fourth-order valence-corrected chi connectivity index (χ4v) is 4.32. The molecule has 1 atom stereocenters. The molecule has 1 aliphatic heterocycles. The minimum atomic E-state index is -2.95.